The van der Waals surface area contributed by atoms with Gasteiger partial charge in [0.05, 0.1) is 5.41 Å². The van der Waals surface area contributed by atoms with Gasteiger partial charge in [-0.1, -0.05) is 95.3 Å². The molecule has 194 valence electrons. The Kier molecular flexibility index (Phi) is 10.3. The summed E-state index contributed by atoms with van der Waals surface area (Å²) in [5.41, 5.74) is -0.564. The van der Waals surface area contributed by atoms with Crippen LogP contribution in [0.3, 0.4) is 0 Å². The van der Waals surface area contributed by atoms with E-state index in [1.807, 2.05) is 27.7 Å². The van der Waals surface area contributed by atoms with Gasteiger partial charge in [-0.2, -0.15) is 0 Å². The van der Waals surface area contributed by atoms with Gasteiger partial charge in [-0.25, -0.2) is 0 Å². The van der Waals surface area contributed by atoms with Crippen molar-refractivity contribution in [3.8, 4) is 0 Å². The number of aliphatic hydroxyl groups excluding tert-OH is 1. The summed E-state index contributed by atoms with van der Waals surface area (Å²) in [7, 11) is -2.57. The van der Waals surface area contributed by atoms with Gasteiger partial charge in [-0.05, 0) is 54.9 Å². The van der Waals surface area contributed by atoms with Crippen molar-refractivity contribution in [2.75, 3.05) is 13.2 Å². The SMILES string of the molecule is C[C@@H](CC[C@H](OC(=O)C(C)(C)C)[C@H](C)CO)CO[Si](c1ccccc1)(c1ccccc1)C(C)(C)C. The minimum absolute atomic E-state index is 0.00493. The minimum Gasteiger partial charge on any atom is -0.462 e. The number of ether oxygens (including phenoxy) is 1. The number of aliphatic hydroxyl groups is 1. The van der Waals surface area contributed by atoms with Gasteiger partial charge in [0.1, 0.15) is 6.10 Å². The lowest BCUT2D eigenvalue weighted by atomic mass is 9.94. The number of carbonyl (C=O) groups is 1. The second-order valence-electron chi connectivity index (χ2n) is 12.0. The summed E-state index contributed by atoms with van der Waals surface area (Å²) in [4.78, 5) is 12.5. The van der Waals surface area contributed by atoms with Crippen LogP contribution in [0.15, 0.2) is 60.7 Å². The van der Waals surface area contributed by atoms with Crippen LogP contribution in [0.25, 0.3) is 0 Å². The third-order valence-electron chi connectivity index (χ3n) is 6.74. The Morgan fingerprint density at radius 2 is 1.34 bits per heavy atom. The third kappa shape index (κ3) is 7.52. The monoisotopic (exact) mass is 498 g/mol. The van der Waals surface area contributed by atoms with Crippen LogP contribution < -0.4 is 10.4 Å². The first kappa shape index (κ1) is 29.3. The molecule has 0 heterocycles. The van der Waals surface area contributed by atoms with Gasteiger partial charge in [0.2, 0.25) is 0 Å². The van der Waals surface area contributed by atoms with E-state index in [1.165, 1.54) is 10.4 Å². The Hall–Kier alpha value is -1.95. The van der Waals surface area contributed by atoms with E-state index in [2.05, 4.69) is 88.4 Å². The number of hydrogen-bond acceptors (Lipinski definition) is 4. The van der Waals surface area contributed by atoms with Crippen LogP contribution >= 0.6 is 0 Å². The second kappa shape index (κ2) is 12.3. The van der Waals surface area contributed by atoms with Crippen LogP contribution in [0.4, 0.5) is 0 Å². The summed E-state index contributed by atoms with van der Waals surface area (Å²) in [5.74, 6) is -0.0523. The summed E-state index contributed by atoms with van der Waals surface area (Å²) >= 11 is 0. The molecule has 2 aromatic carbocycles. The van der Waals surface area contributed by atoms with E-state index in [1.54, 1.807) is 0 Å². The van der Waals surface area contributed by atoms with Crippen LogP contribution in [-0.4, -0.2) is 38.7 Å². The molecule has 0 amide bonds. The van der Waals surface area contributed by atoms with E-state index in [9.17, 15) is 9.90 Å². The molecular formula is C30H46O4Si. The van der Waals surface area contributed by atoms with Crippen LogP contribution in [0.5, 0.6) is 0 Å². The molecule has 0 unspecified atom stereocenters. The van der Waals surface area contributed by atoms with Crippen molar-refractivity contribution >= 4 is 24.7 Å². The molecule has 0 fully saturated rings. The third-order valence-corrected chi connectivity index (χ3v) is 11.7. The lowest BCUT2D eigenvalue weighted by Crippen LogP contribution is -2.66. The summed E-state index contributed by atoms with van der Waals surface area (Å²) < 4.78 is 12.9. The molecule has 0 aliphatic heterocycles. The smallest absolute Gasteiger partial charge is 0.311 e. The Morgan fingerprint density at radius 1 is 0.857 bits per heavy atom. The van der Waals surface area contributed by atoms with Crippen molar-refractivity contribution in [2.24, 2.45) is 17.3 Å². The van der Waals surface area contributed by atoms with E-state index in [0.29, 0.717) is 13.0 Å². The van der Waals surface area contributed by atoms with E-state index < -0.39 is 13.7 Å². The van der Waals surface area contributed by atoms with Crippen molar-refractivity contribution < 1.29 is 19.1 Å². The molecule has 0 spiro atoms. The van der Waals surface area contributed by atoms with Gasteiger partial charge in [0.15, 0.2) is 0 Å². The predicted molar refractivity (Wildman–Crippen MR) is 148 cm³/mol. The van der Waals surface area contributed by atoms with Gasteiger partial charge < -0.3 is 14.3 Å². The lowest BCUT2D eigenvalue weighted by molar-refractivity contribution is -0.162. The largest absolute Gasteiger partial charge is 0.462 e. The first-order valence-corrected chi connectivity index (χ1v) is 14.8. The molecule has 35 heavy (non-hydrogen) atoms. The van der Waals surface area contributed by atoms with Crippen molar-refractivity contribution in [3.63, 3.8) is 0 Å². The average Bonchev–Trinajstić information content (AvgIpc) is 2.81. The maximum atomic E-state index is 12.5. The zero-order valence-corrected chi connectivity index (χ0v) is 24.0. The first-order chi connectivity index (χ1) is 16.3. The van der Waals surface area contributed by atoms with Crippen LogP contribution in [0, 0.1) is 17.3 Å². The molecule has 0 radical (unpaired) electrons. The zero-order valence-electron chi connectivity index (χ0n) is 23.0. The highest BCUT2D eigenvalue weighted by atomic mass is 28.4. The number of carbonyl (C=O) groups excluding carboxylic acids is 1. The summed E-state index contributed by atoms with van der Waals surface area (Å²) in [6, 6.07) is 21.3. The highest BCUT2D eigenvalue weighted by Gasteiger charge is 2.50. The number of benzene rings is 2. The topological polar surface area (TPSA) is 55.8 Å². The molecular weight excluding hydrogens is 452 g/mol. The quantitative estimate of drug-likeness (QED) is 0.325. The van der Waals surface area contributed by atoms with Crippen molar-refractivity contribution in [2.45, 2.75) is 79.4 Å². The Labute approximate surface area is 214 Å². The molecule has 0 aromatic heterocycles. The highest BCUT2D eigenvalue weighted by Crippen LogP contribution is 2.37. The molecule has 5 heteroatoms. The highest BCUT2D eigenvalue weighted by molar-refractivity contribution is 6.99. The van der Waals surface area contributed by atoms with Crippen molar-refractivity contribution in [3.05, 3.63) is 60.7 Å². The van der Waals surface area contributed by atoms with Crippen LogP contribution in [-0.2, 0) is 14.0 Å². The van der Waals surface area contributed by atoms with E-state index in [0.717, 1.165) is 6.42 Å². The van der Waals surface area contributed by atoms with E-state index in [4.69, 9.17) is 9.16 Å². The Balaban J connectivity index is 2.23. The summed E-state index contributed by atoms with van der Waals surface area (Å²) in [6.07, 6.45) is 1.25. The predicted octanol–water partition coefficient (Wildman–Crippen LogP) is 5.57. The fourth-order valence-corrected chi connectivity index (χ4v) is 9.14. The molecule has 2 rings (SSSR count). The first-order valence-electron chi connectivity index (χ1n) is 12.9. The summed E-state index contributed by atoms with van der Waals surface area (Å²) in [5, 5.41) is 12.2. The molecule has 4 nitrogen and oxygen atoms in total. The van der Waals surface area contributed by atoms with Crippen LogP contribution in [0.2, 0.25) is 5.04 Å². The number of esters is 1. The van der Waals surface area contributed by atoms with Crippen molar-refractivity contribution in [1.82, 2.24) is 0 Å². The molecule has 0 aliphatic carbocycles. The van der Waals surface area contributed by atoms with Gasteiger partial charge in [0.25, 0.3) is 8.32 Å². The fraction of sp³-hybridized carbons (Fsp3) is 0.567. The molecule has 0 saturated heterocycles. The van der Waals surface area contributed by atoms with Crippen molar-refractivity contribution in [1.29, 1.82) is 0 Å². The van der Waals surface area contributed by atoms with Crippen LogP contribution in [0.1, 0.15) is 68.2 Å². The molecule has 0 bridgehead atoms. The Bertz CT molecular complexity index is 860. The molecule has 2 aromatic rings. The van der Waals surface area contributed by atoms with E-state index in [-0.39, 0.29) is 35.6 Å². The van der Waals surface area contributed by atoms with Gasteiger partial charge in [0, 0.05) is 19.1 Å². The van der Waals surface area contributed by atoms with Gasteiger partial charge in [-0.15, -0.1) is 0 Å². The summed E-state index contributed by atoms with van der Waals surface area (Å²) in [6.45, 7) is 17.2. The lowest BCUT2D eigenvalue weighted by Gasteiger charge is -2.43. The Morgan fingerprint density at radius 3 is 1.74 bits per heavy atom. The normalized spacial score (nSPS) is 15.3. The van der Waals surface area contributed by atoms with Gasteiger partial charge >= 0.3 is 5.97 Å². The average molecular weight is 499 g/mol. The number of rotatable bonds is 11. The fourth-order valence-electron chi connectivity index (χ4n) is 4.45. The zero-order chi connectivity index (χ0) is 26.3. The number of hydrogen-bond donors (Lipinski definition) is 1. The molecule has 0 aliphatic rings. The second-order valence-corrected chi connectivity index (χ2v) is 16.3. The maximum Gasteiger partial charge on any atom is 0.311 e. The van der Waals surface area contributed by atoms with E-state index >= 15 is 0 Å². The van der Waals surface area contributed by atoms with Gasteiger partial charge in [-0.3, -0.25) is 4.79 Å². The molecule has 1 N–H and O–H groups in total. The molecule has 0 saturated carbocycles. The standard InChI is InChI=1S/C30H46O4Si/c1-23(19-20-27(24(2)21-31)34-28(32)29(3,4)5)22-33-35(30(6,7)8,25-15-11-9-12-16-25)26-17-13-10-14-18-26/h9-18,23-24,27,31H,19-22H2,1-8H3/t23-,24+,27-/m0/s1. The minimum atomic E-state index is -2.57. The maximum absolute atomic E-state index is 12.5. The molecule has 3 atom stereocenters.